The third-order valence-electron chi connectivity index (χ3n) is 5.82. The molecule has 1 aliphatic carbocycles. The fourth-order valence-electron chi connectivity index (χ4n) is 3.40. The Morgan fingerprint density at radius 1 is 1.40 bits per heavy atom. The summed E-state index contributed by atoms with van der Waals surface area (Å²) < 4.78 is 5.70. The molecule has 3 unspecified atom stereocenters. The van der Waals surface area contributed by atoms with E-state index >= 15 is 0 Å². The molecule has 1 aromatic rings. The number of nitrogens with two attached hydrogens (primary N) is 1. The summed E-state index contributed by atoms with van der Waals surface area (Å²) in [5.41, 5.74) is 6.48. The van der Waals surface area contributed by atoms with Gasteiger partial charge in [0, 0.05) is 37.6 Å². The van der Waals surface area contributed by atoms with Crippen LogP contribution >= 0.6 is 0 Å². The van der Waals surface area contributed by atoms with E-state index in [-0.39, 0.29) is 23.5 Å². The number of carbonyl (C=O) groups is 1. The second-order valence-electron chi connectivity index (χ2n) is 7.80. The van der Waals surface area contributed by atoms with Crippen LogP contribution in [0.1, 0.15) is 39.7 Å². The molecule has 0 heterocycles. The lowest BCUT2D eigenvalue weighted by Gasteiger charge is -2.57. The molecule has 1 saturated carbocycles. The van der Waals surface area contributed by atoms with Gasteiger partial charge in [0.1, 0.15) is 5.54 Å². The van der Waals surface area contributed by atoms with Gasteiger partial charge in [-0.2, -0.15) is 0 Å². The van der Waals surface area contributed by atoms with Crippen LogP contribution in [0.2, 0.25) is 0 Å². The summed E-state index contributed by atoms with van der Waals surface area (Å²) in [6, 6.07) is 10.5. The predicted molar refractivity (Wildman–Crippen MR) is 101 cm³/mol. The van der Waals surface area contributed by atoms with Gasteiger partial charge in [-0.3, -0.25) is 9.69 Å². The molecule has 0 aromatic heterocycles. The van der Waals surface area contributed by atoms with Crippen molar-refractivity contribution >= 4 is 5.91 Å². The van der Waals surface area contributed by atoms with Crippen LogP contribution in [-0.2, 0) is 16.1 Å². The van der Waals surface area contributed by atoms with Crippen LogP contribution in [0.25, 0.3) is 0 Å². The van der Waals surface area contributed by atoms with Crippen LogP contribution in [-0.4, -0.2) is 48.7 Å². The van der Waals surface area contributed by atoms with E-state index in [9.17, 15) is 4.79 Å². The zero-order chi connectivity index (χ0) is 18.7. The largest absolute Gasteiger partial charge is 0.378 e. The maximum absolute atomic E-state index is 12.7. The van der Waals surface area contributed by atoms with Crippen LogP contribution < -0.4 is 11.1 Å². The fraction of sp³-hybridized carbons (Fsp3) is 0.650. The van der Waals surface area contributed by atoms with Crippen molar-refractivity contribution in [1.29, 1.82) is 0 Å². The minimum absolute atomic E-state index is 0.0476. The van der Waals surface area contributed by atoms with Crippen LogP contribution in [0.15, 0.2) is 30.3 Å². The Morgan fingerprint density at radius 2 is 2.04 bits per heavy atom. The monoisotopic (exact) mass is 347 g/mol. The van der Waals surface area contributed by atoms with Crippen molar-refractivity contribution in [3.63, 3.8) is 0 Å². The van der Waals surface area contributed by atoms with Crippen LogP contribution in [0.3, 0.4) is 0 Å². The molecular weight excluding hydrogens is 314 g/mol. The Kier molecular flexibility index (Phi) is 6.25. The van der Waals surface area contributed by atoms with Gasteiger partial charge in [0.05, 0.1) is 6.10 Å². The highest BCUT2D eigenvalue weighted by molar-refractivity contribution is 5.88. The highest BCUT2D eigenvalue weighted by Crippen LogP contribution is 2.49. The first-order chi connectivity index (χ1) is 11.7. The summed E-state index contributed by atoms with van der Waals surface area (Å²) in [6.07, 6.45) is 0.625. The van der Waals surface area contributed by atoms with Crippen LogP contribution in [0, 0.1) is 5.41 Å². The van der Waals surface area contributed by atoms with Gasteiger partial charge in [-0.15, -0.1) is 0 Å². The molecule has 0 spiro atoms. The molecule has 3 atom stereocenters. The number of nitrogens with zero attached hydrogens (tertiary/aromatic N) is 1. The summed E-state index contributed by atoms with van der Waals surface area (Å²) in [7, 11) is 2.07. The van der Waals surface area contributed by atoms with Gasteiger partial charge >= 0.3 is 0 Å². The number of likely N-dealkylation sites (N-methyl/N-ethyl adjacent to an activating group) is 1. The molecule has 5 heteroatoms. The van der Waals surface area contributed by atoms with Gasteiger partial charge in [-0.1, -0.05) is 44.2 Å². The first kappa shape index (κ1) is 19.9. The zero-order valence-electron chi connectivity index (χ0n) is 16.2. The van der Waals surface area contributed by atoms with Crippen molar-refractivity contribution < 1.29 is 9.53 Å². The van der Waals surface area contributed by atoms with Gasteiger partial charge in [-0.25, -0.2) is 0 Å². The topological polar surface area (TPSA) is 67.6 Å². The zero-order valence-corrected chi connectivity index (χ0v) is 16.2. The van der Waals surface area contributed by atoms with E-state index in [0.29, 0.717) is 19.6 Å². The standard InChI is InChI=1S/C20H33N3O2/c1-6-25-17-12-20(21,19(17,3)4)18(24)22-13-15(2)23(5)14-16-10-8-7-9-11-16/h7-11,15,17H,6,12-14,21H2,1-5H3,(H,22,24). The van der Waals surface area contributed by atoms with Gasteiger partial charge in [0.25, 0.3) is 0 Å². The number of rotatable bonds is 8. The highest BCUT2D eigenvalue weighted by atomic mass is 16.5. The molecule has 1 aliphatic rings. The van der Waals surface area contributed by atoms with Gasteiger partial charge < -0.3 is 15.8 Å². The van der Waals surface area contributed by atoms with E-state index in [2.05, 4.69) is 36.3 Å². The van der Waals surface area contributed by atoms with Crippen molar-refractivity contribution in [1.82, 2.24) is 10.2 Å². The van der Waals surface area contributed by atoms with E-state index in [1.165, 1.54) is 5.56 Å². The molecule has 25 heavy (non-hydrogen) atoms. The van der Waals surface area contributed by atoms with Crippen molar-refractivity contribution in [3.05, 3.63) is 35.9 Å². The molecule has 3 N–H and O–H groups in total. The third-order valence-corrected chi connectivity index (χ3v) is 5.82. The SMILES string of the molecule is CCOC1CC(N)(C(=O)NCC(C)N(C)Cc2ccccc2)C1(C)C. The number of carbonyl (C=O) groups excluding carboxylic acids is 1. The molecule has 2 rings (SSSR count). The number of benzene rings is 1. The van der Waals surface area contributed by atoms with Crippen LogP contribution in [0.5, 0.6) is 0 Å². The molecule has 1 amide bonds. The normalized spacial score (nSPS) is 26.1. The molecule has 1 fully saturated rings. The number of ether oxygens (including phenoxy) is 1. The summed E-state index contributed by atoms with van der Waals surface area (Å²) in [5.74, 6) is -0.0755. The van der Waals surface area contributed by atoms with Crippen LogP contribution in [0.4, 0.5) is 0 Å². The van der Waals surface area contributed by atoms with Gasteiger partial charge in [-0.05, 0) is 26.5 Å². The Morgan fingerprint density at radius 3 is 2.60 bits per heavy atom. The average molecular weight is 348 g/mol. The smallest absolute Gasteiger partial charge is 0.240 e. The third kappa shape index (κ3) is 4.05. The van der Waals surface area contributed by atoms with Crippen molar-refractivity contribution in [2.24, 2.45) is 11.1 Å². The minimum atomic E-state index is -0.857. The highest BCUT2D eigenvalue weighted by Gasteiger charge is 2.62. The number of hydrogen-bond acceptors (Lipinski definition) is 4. The molecule has 0 radical (unpaired) electrons. The summed E-state index contributed by atoms with van der Waals surface area (Å²) >= 11 is 0. The van der Waals surface area contributed by atoms with Gasteiger partial charge in [0.2, 0.25) is 5.91 Å². The molecule has 0 bridgehead atoms. The second-order valence-corrected chi connectivity index (χ2v) is 7.80. The second kappa shape index (κ2) is 7.85. The summed E-state index contributed by atoms with van der Waals surface area (Å²) in [6.45, 7) is 10.2. The Bertz CT molecular complexity index is 576. The first-order valence-corrected chi connectivity index (χ1v) is 9.15. The first-order valence-electron chi connectivity index (χ1n) is 9.15. The molecule has 1 aromatic carbocycles. The lowest BCUT2D eigenvalue weighted by atomic mass is 9.54. The Labute approximate surface area is 151 Å². The van der Waals surface area contributed by atoms with E-state index in [1.54, 1.807) is 0 Å². The maximum atomic E-state index is 12.7. The number of nitrogens with one attached hydrogen (secondary N) is 1. The van der Waals surface area contributed by atoms with Crippen molar-refractivity contribution in [2.75, 3.05) is 20.2 Å². The van der Waals surface area contributed by atoms with E-state index < -0.39 is 5.54 Å². The lowest BCUT2D eigenvalue weighted by molar-refractivity contribution is -0.170. The van der Waals surface area contributed by atoms with E-state index in [0.717, 1.165) is 6.54 Å². The quantitative estimate of drug-likeness (QED) is 0.756. The van der Waals surface area contributed by atoms with E-state index in [4.69, 9.17) is 10.5 Å². The summed E-state index contributed by atoms with van der Waals surface area (Å²) in [5, 5.41) is 3.05. The summed E-state index contributed by atoms with van der Waals surface area (Å²) in [4.78, 5) is 14.9. The molecular formula is C20H33N3O2. The molecule has 140 valence electrons. The minimum Gasteiger partial charge on any atom is -0.378 e. The van der Waals surface area contributed by atoms with E-state index in [1.807, 2.05) is 39.0 Å². The number of hydrogen-bond donors (Lipinski definition) is 2. The fourth-order valence-corrected chi connectivity index (χ4v) is 3.40. The Balaban J connectivity index is 1.85. The molecule has 0 aliphatic heterocycles. The van der Waals surface area contributed by atoms with Crippen molar-refractivity contribution in [2.45, 2.75) is 58.3 Å². The van der Waals surface area contributed by atoms with Gasteiger partial charge in [0.15, 0.2) is 0 Å². The van der Waals surface area contributed by atoms with Crippen molar-refractivity contribution in [3.8, 4) is 0 Å². The Hall–Kier alpha value is -1.43. The molecule has 5 nitrogen and oxygen atoms in total. The average Bonchev–Trinajstić information content (AvgIpc) is 2.59. The number of amides is 1. The predicted octanol–water partition coefficient (Wildman–Crippen LogP) is 2.16. The molecule has 0 saturated heterocycles. The lowest BCUT2D eigenvalue weighted by Crippen LogP contribution is -2.76. The maximum Gasteiger partial charge on any atom is 0.240 e.